The molecule has 45 heavy (non-hydrogen) atoms. The highest BCUT2D eigenvalue weighted by atomic mass is 16.6. The van der Waals surface area contributed by atoms with Crippen LogP contribution in [0.5, 0.6) is 0 Å². The van der Waals surface area contributed by atoms with Gasteiger partial charge in [-0.25, -0.2) is 0 Å². The molecule has 0 aliphatic carbocycles. The van der Waals surface area contributed by atoms with Crippen LogP contribution in [-0.4, -0.2) is 37.0 Å². The van der Waals surface area contributed by atoms with Gasteiger partial charge in [-0.3, -0.25) is 4.79 Å². The summed E-state index contributed by atoms with van der Waals surface area (Å²) in [5, 5.41) is 9.57. The lowest BCUT2D eigenvalue weighted by molar-refractivity contribution is -0.154. The molecule has 1 N–H and O–H groups in total. The van der Waals surface area contributed by atoms with Crippen molar-refractivity contribution in [1.82, 2.24) is 0 Å². The molecule has 0 spiro atoms. The Kier molecular flexibility index (Phi) is 37.6. The number of rotatable bonds is 36. The minimum Gasteiger partial charge on any atom is -0.457 e. The second-order valence-electron chi connectivity index (χ2n) is 13.0. The maximum atomic E-state index is 12.2. The van der Waals surface area contributed by atoms with E-state index in [0.717, 1.165) is 25.7 Å². The number of allylic oxidation sites excluding steroid dienone is 6. The van der Waals surface area contributed by atoms with E-state index in [1.807, 2.05) is 0 Å². The number of ether oxygens (including phenoxy) is 2. The number of hydrogen-bond donors (Lipinski definition) is 1. The SMILES string of the molecule is CCC/C=C\C/C=C\CCCCCCCCOCC(CO)OC(=O)CCCCCCCCCCC/C=C\CCCCCCCC. The van der Waals surface area contributed by atoms with E-state index < -0.39 is 6.10 Å². The second-order valence-corrected chi connectivity index (χ2v) is 13.0. The van der Waals surface area contributed by atoms with E-state index in [2.05, 4.69) is 50.3 Å². The van der Waals surface area contributed by atoms with Gasteiger partial charge in [0.15, 0.2) is 0 Å². The van der Waals surface area contributed by atoms with Crippen molar-refractivity contribution >= 4 is 5.97 Å². The first-order chi connectivity index (χ1) is 22.2. The maximum Gasteiger partial charge on any atom is 0.306 e. The Morgan fingerprint density at radius 3 is 1.49 bits per heavy atom. The van der Waals surface area contributed by atoms with Crippen LogP contribution in [0.25, 0.3) is 0 Å². The maximum absolute atomic E-state index is 12.2. The minimum atomic E-state index is -0.538. The summed E-state index contributed by atoms with van der Waals surface area (Å²) in [5.74, 6) is -0.207. The van der Waals surface area contributed by atoms with E-state index in [1.165, 1.54) is 148 Å². The zero-order valence-electron chi connectivity index (χ0n) is 30.1. The topological polar surface area (TPSA) is 55.8 Å². The molecule has 0 rings (SSSR count). The van der Waals surface area contributed by atoms with Gasteiger partial charge in [-0.1, -0.05) is 159 Å². The monoisotopic (exact) mass is 633 g/mol. The number of carbonyl (C=O) groups excluding carboxylic acids is 1. The van der Waals surface area contributed by atoms with Gasteiger partial charge >= 0.3 is 5.97 Å². The van der Waals surface area contributed by atoms with Crippen molar-refractivity contribution < 1.29 is 19.4 Å². The molecule has 0 saturated heterocycles. The molecule has 0 heterocycles. The van der Waals surface area contributed by atoms with Gasteiger partial charge in [-0.15, -0.1) is 0 Å². The molecular formula is C41H76O4. The molecule has 0 aromatic heterocycles. The number of aliphatic hydroxyl groups is 1. The Labute approximate surface area is 280 Å². The number of aliphatic hydroxyl groups excluding tert-OH is 1. The van der Waals surface area contributed by atoms with Gasteiger partial charge in [0, 0.05) is 13.0 Å². The van der Waals surface area contributed by atoms with Crippen molar-refractivity contribution in [2.75, 3.05) is 19.8 Å². The van der Waals surface area contributed by atoms with Gasteiger partial charge in [0.1, 0.15) is 6.10 Å². The molecule has 0 aromatic carbocycles. The number of carbonyl (C=O) groups is 1. The van der Waals surface area contributed by atoms with Crippen LogP contribution >= 0.6 is 0 Å². The summed E-state index contributed by atoms with van der Waals surface area (Å²) in [6, 6.07) is 0. The molecular weight excluding hydrogens is 556 g/mol. The lowest BCUT2D eigenvalue weighted by atomic mass is 10.1. The third-order valence-corrected chi connectivity index (χ3v) is 8.42. The van der Waals surface area contributed by atoms with Crippen molar-refractivity contribution in [2.45, 2.75) is 200 Å². The minimum absolute atomic E-state index is 0.176. The highest BCUT2D eigenvalue weighted by molar-refractivity contribution is 5.69. The fourth-order valence-electron chi connectivity index (χ4n) is 5.48. The molecule has 4 heteroatoms. The lowest BCUT2D eigenvalue weighted by Crippen LogP contribution is -2.27. The zero-order valence-corrected chi connectivity index (χ0v) is 30.1. The fourth-order valence-corrected chi connectivity index (χ4v) is 5.48. The smallest absolute Gasteiger partial charge is 0.306 e. The highest BCUT2D eigenvalue weighted by Gasteiger charge is 2.13. The first-order valence-corrected chi connectivity index (χ1v) is 19.6. The molecule has 264 valence electrons. The Morgan fingerprint density at radius 1 is 0.533 bits per heavy atom. The molecule has 0 radical (unpaired) electrons. The van der Waals surface area contributed by atoms with Crippen LogP contribution in [0.4, 0.5) is 0 Å². The molecule has 4 nitrogen and oxygen atoms in total. The van der Waals surface area contributed by atoms with E-state index in [0.29, 0.717) is 13.0 Å². The van der Waals surface area contributed by atoms with E-state index in [-0.39, 0.29) is 19.2 Å². The van der Waals surface area contributed by atoms with Gasteiger partial charge < -0.3 is 14.6 Å². The van der Waals surface area contributed by atoms with Crippen molar-refractivity contribution in [1.29, 1.82) is 0 Å². The second kappa shape index (κ2) is 38.8. The summed E-state index contributed by atoms with van der Waals surface area (Å²) >= 11 is 0. The summed E-state index contributed by atoms with van der Waals surface area (Å²) < 4.78 is 11.1. The standard InChI is InChI=1S/C41H76O4/c1-3-5-7-9-11-13-15-17-19-20-21-22-23-24-26-28-30-32-34-36-41(43)45-40(38-42)39-44-37-35-33-31-29-27-25-18-16-14-12-10-8-6-4-2/h8,10,14,16-17,19,40,42H,3-7,9,11-13,15,18,20-39H2,1-2H3/b10-8-,16-14-,19-17-. The Balaban J connectivity index is 3.44. The quantitative estimate of drug-likeness (QED) is 0.0424. The van der Waals surface area contributed by atoms with Crippen LogP contribution in [-0.2, 0) is 14.3 Å². The van der Waals surface area contributed by atoms with Gasteiger partial charge in [-0.05, 0) is 64.2 Å². The third-order valence-electron chi connectivity index (χ3n) is 8.42. The molecule has 0 aliphatic rings. The summed E-state index contributed by atoms with van der Waals surface area (Å²) in [6.45, 7) is 5.27. The molecule has 0 bridgehead atoms. The number of esters is 1. The predicted octanol–water partition coefficient (Wildman–Crippen LogP) is 12.5. The lowest BCUT2D eigenvalue weighted by Gasteiger charge is -2.15. The largest absolute Gasteiger partial charge is 0.457 e. The van der Waals surface area contributed by atoms with Crippen molar-refractivity contribution in [3.63, 3.8) is 0 Å². The summed E-state index contributed by atoms with van der Waals surface area (Å²) in [6.07, 6.45) is 47.6. The van der Waals surface area contributed by atoms with Gasteiger partial charge in [-0.2, -0.15) is 0 Å². The average molecular weight is 633 g/mol. The summed E-state index contributed by atoms with van der Waals surface area (Å²) in [4.78, 5) is 12.2. The van der Waals surface area contributed by atoms with Crippen LogP contribution < -0.4 is 0 Å². The molecule has 0 amide bonds. The van der Waals surface area contributed by atoms with E-state index in [9.17, 15) is 9.90 Å². The third kappa shape index (κ3) is 36.9. The molecule has 0 aromatic rings. The fraction of sp³-hybridized carbons (Fsp3) is 0.829. The van der Waals surface area contributed by atoms with Crippen LogP contribution in [0.2, 0.25) is 0 Å². The molecule has 0 saturated carbocycles. The predicted molar refractivity (Wildman–Crippen MR) is 196 cm³/mol. The van der Waals surface area contributed by atoms with Crippen LogP contribution in [0.1, 0.15) is 194 Å². The number of unbranched alkanes of at least 4 members (excludes halogenated alkanes) is 22. The normalized spacial score (nSPS) is 12.7. The first-order valence-electron chi connectivity index (χ1n) is 19.6. The van der Waals surface area contributed by atoms with Crippen LogP contribution in [0.3, 0.4) is 0 Å². The van der Waals surface area contributed by atoms with Crippen molar-refractivity contribution in [2.24, 2.45) is 0 Å². The Hall–Kier alpha value is -1.39. The number of hydrogen-bond acceptors (Lipinski definition) is 4. The van der Waals surface area contributed by atoms with E-state index in [4.69, 9.17) is 9.47 Å². The Morgan fingerprint density at radius 2 is 0.978 bits per heavy atom. The molecule has 0 fully saturated rings. The molecule has 1 unspecified atom stereocenters. The van der Waals surface area contributed by atoms with E-state index >= 15 is 0 Å². The van der Waals surface area contributed by atoms with Crippen molar-refractivity contribution in [3.8, 4) is 0 Å². The van der Waals surface area contributed by atoms with Crippen molar-refractivity contribution in [3.05, 3.63) is 36.5 Å². The summed E-state index contributed by atoms with van der Waals surface area (Å²) in [7, 11) is 0. The van der Waals surface area contributed by atoms with Crippen LogP contribution in [0, 0.1) is 0 Å². The van der Waals surface area contributed by atoms with Gasteiger partial charge in [0.05, 0.1) is 13.2 Å². The van der Waals surface area contributed by atoms with Crippen LogP contribution in [0.15, 0.2) is 36.5 Å². The Bertz CT molecular complexity index is 668. The first kappa shape index (κ1) is 43.6. The van der Waals surface area contributed by atoms with E-state index in [1.54, 1.807) is 0 Å². The summed E-state index contributed by atoms with van der Waals surface area (Å²) in [5.41, 5.74) is 0. The van der Waals surface area contributed by atoms with Gasteiger partial charge in [0.2, 0.25) is 0 Å². The molecule has 0 aliphatic heterocycles. The average Bonchev–Trinajstić information content (AvgIpc) is 3.05. The molecule has 1 atom stereocenters. The zero-order chi connectivity index (χ0) is 32.7. The van der Waals surface area contributed by atoms with Gasteiger partial charge in [0.25, 0.3) is 0 Å². The highest BCUT2D eigenvalue weighted by Crippen LogP contribution is 2.13.